The van der Waals surface area contributed by atoms with Crippen LogP contribution in [0.15, 0.2) is 55.0 Å². The van der Waals surface area contributed by atoms with Gasteiger partial charge in [0.15, 0.2) is 0 Å². The summed E-state index contributed by atoms with van der Waals surface area (Å²) in [5.74, 6) is -0.228. The highest BCUT2D eigenvalue weighted by Gasteiger charge is 2.05. The van der Waals surface area contributed by atoms with Crippen LogP contribution in [0.2, 0.25) is 0 Å². The molecule has 1 N–H and O–H groups in total. The Morgan fingerprint density at radius 1 is 1.16 bits per heavy atom. The lowest BCUT2D eigenvalue weighted by molar-refractivity contribution is 0.384. The van der Waals surface area contributed by atoms with Crippen LogP contribution in [0.4, 0.5) is 4.39 Å². The first-order valence-electron chi connectivity index (χ1n) is 6.16. The molecule has 0 amide bonds. The van der Waals surface area contributed by atoms with E-state index in [1.807, 2.05) is 24.7 Å². The molecule has 1 aromatic carbocycles. The van der Waals surface area contributed by atoms with Crippen LogP contribution in [0.25, 0.3) is 11.3 Å². The van der Waals surface area contributed by atoms with E-state index in [4.69, 9.17) is 0 Å². The van der Waals surface area contributed by atoms with Crippen LogP contribution in [-0.4, -0.2) is 16.6 Å². The fourth-order valence-corrected chi connectivity index (χ4v) is 2.03. The van der Waals surface area contributed by atoms with Crippen molar-refractivity contribution in [2.75, 3.05) is 6.67 Å². The molecular weight excluding hydrogens is 241 g/mol. The third-order valence-corrected chi connectivity index (χ3v) is 3.05. The Morgan fingerprint density at radius 3 is 2.63 bits per heavy atom. The summed E-state index contributed by atoms with van der Waals surface area (Å²) in [6.45, 7) is 1.67. The molecule has 1 aliphatic heterocycles. The fourth-order valence-electron chi connectivity index (χ4n) is 2.03. The smallest absolute Gasteiger partial charge is 0.123 e. The van der Waals surface area contributed by atoms with Crippen molar-refractivity contribution in [2.45, 2.75) is 6.54 Å². The highest BCUT2D eigenvalue weighted by molar-refractivity contribution is 5.58. The molecule has 2 heterocycles. The number of hydrogen-bond donors (Lipinski definition) is 1. The van der Waals surface area contributed by atoms with Crippen molar-refractivity contribution < 1.29 is 4.39 Å². The first kappa shape index (κ1) is 11.7. The normalized spacial score (nSPS) is 13.6. The second kappa shape index (κ2) is 5.10. The molecule has 19 heavy (non-hydrogen) atoms. The Bertz CT molecular complexity index is 575. The van der Waals surface area contributed by atoms with Crippen LogP contribution in [0.1, 0.15) is 5.56 Å². The van der Waals surface area contributed by atoms with Gasteiger partial charge in [-0.15, -0.1) is 0 Å². The zero-order valence-corrected chi connectivity index (χ0v) is 10.4. The average molecular weight is 255 g/mol. The van der Waals surface area contributed by atoms with Gasteiger partial charge in [-0.1, -0.05) is 6.07 Å². The summed E-state index contributed by atoms with van der Waals surface area (Å²) < 4.78 is 12.9. The summed E-state index contributed by atoms with van der Waals surface area (Å²) in [6.07, 6.45) is 5.82. The number of nitrogens with zero attached hydrogens (tertiary/aromatic N) is 2. The molecule has 0 saturated carbocycles. The third kappa shape index (κ3) is 2.73. The number of pyridine rings is 1. The van der Waals surface area contributed by atoms with Crippen molar-refractivity contribution >= 4 is 0 Å². The van der Waals surface area contributed by atoms with E-state index in [-0.39, 0.29) is 5.82 Å². The molecule has 1 aromatic heterocycles. The molecule has 96 valence electrons. The van der Waals surface area contributed by atoms with Crippen molar-refractivity contribution in [3.63, 3.8) is 0 Å². The zero-order chi connectivity index (χ0) is 13.1. The van der Waals surface area contributed by atoms with Gasteiger partial charge in [0, 0.05) is 30.7 Å². The van der Waals surface area contributed by atoms with E-state index in [2.05, 4.69) is 21.3 Å². The summed E-state index contributed by atoms with van der Waals surface area (Å²) in [5.41, 5.74) is 2.94. The molecule has 3 rings (SSSR count). The molecule has 2 aromatic rings. The van der Waals surface area contributed by atoms with Crippen molar-refractivity contribution in [1.29, 1.82) is 0 Å². The SMILES string of the molecule is Fc1ccc(-c2ccc(CN3C=CNC3)cn2)cc1. The monoisotopic (exact) mass is 255 g/mol. The molecule has 0 spiro atoms. The Kier molecular flexibility index (Phi) is 3.14. The van der Waals surface area contributed by atoms with Crippen LogP contribution < -0.4 is 5.32 Å². The molecule has 0 unspecified atom stereocenters. The van der Waals surface area contributed by atoms with Crippen molar-refractivity contribution in [1.82, 2.24) is 15.2 Å². The number of halogens is 1. The van der Waals surface area contributed by atoms with Crippen molar-refractivity contribution in [3.8, 4) is 11.3 Å². The maximum Gasteiger partial charge on any atom is 0.123 e. The maximum atomic E-state index is 12.9. The van der Waals surface area contributed by atoms with E-state index in [0.29, 0.717) is 0 Å². The van der Waals surface area contributed by atoms with Crippen LogP contribution in [0.5, 0.6) is 0 Å². The molecule has 0 atom stereocenters. The van der Waals surface area contributed by atoms with Crippen molar-refractivity contribution in [2.24, 2.45) is 0 Å². The van der Waals surface area contributed by atoms with Gasteiger partial charge in [0.2, 0.25) is 0 Å². The van der Waals surface area contributed by atoms with Gasteiger partial charge in [-0.25, -0.2) is 4.39 Å². The molecule has 0 bridgehead atoms. The van der Waals surface area contributed by atoms with Gasteiger partial charge in [-0.2, -0.15) is 0 Å². The van der Waals surface area contributed by atoms with Crippen LogP contribution >= 0.6 is 0 Å². The van der Waals surface area contributed by atoms with E-state index < -0.39 is 0 Å². The molecule has 4 heteroatoms. The summed E-state index contributed by atoms with van der Waals surface area (Å²) in [5, 5.41) is 3.12. The predicted molar refractivity (Wildman–Crippen MR) is 72.3 cm³/mol. The standard InChI is InChI=1S/C15H14FN3/c16-14-4-2-13(3-5-14)15-6-1-12(9-18-15)10-19-8-7-17-11-19/h1-9,17H,10-11H2. The van der Waals surface area contributed by atoms with Crippen LogP contribution in [-0.2, 0) is 6.54 Å². The molecule has 3 nitrogen and oxygen atoms in total. The second-order valence-electron chi connectivity index (χ2n) is 4.48. The van der Waals surface area contributed by atoms with Gasteiger partial charge in [0.05, 0.1) is 12.4 Å². The minimum Gasteiger partial charge on any atom is -0.373 e. The Balaban J connectivity index is 1.74. The van der Waals surface area contributed by atoms with Crippen molar-refractivity contribution in [3.05, 3.63) is 66.4 Å². The van der Waals surface area contributed by atoms with Gasteiger partial charge < -0.3 is 10.2 Å². The number of benzene rings is 1. The molecule has 0 radical (unpaired) electrons. The highest BCUT2D eigenvalue weighted by Crippen LogP contribution is 2.18. The van der Waals surface area contributed by atoms with E-state index in [1.165, 1.54) is 12.1 Å². The Labute approximate surface area is 111 Å². The topological polar surface area (TPSA) is 28.2 Å². The lowest BCUT2D eigenvalue weighted by Crippen LogP contribution is -2.19. The number of aromatic nitrogens is 1. The van der Waals surface area contributed by atoms with E-state index in [0.717, 1.165) is 30.0 Å². The number of rotatable bonds is 3. The molecule has 0 saturated heterocycles. The number of nitrogens with one attached hydrogen (secondary N) is 1. The lowest BCUT2D eigenvalue weighted by atomic mass is 10.1. The minimum absolute atomic E-state index is 0.228. The van der Waals surface area contributed by atoms with Gasteiger partial charge >= 0.3 is 0 Å². The summed E-state index contributed by atoms with van der Waals surface area (Å²) in [7, 11) is 0. The Morgan fingerprint density at radius 2 is 2.00 bits per heavy atom. The molecule has 0 aliphatic carbocycles. The summed E-state index contributed by atoms with van der Waals surface area (Å²) in [4.78, 5) is 6.59. The van der Waals surface area contributed by atoms with E-state index in [1.54, 1.807) is 12.1 Å². The lowest BCUT2D eigenvalue weighted by Gasteiger charge is -2.14. The Hall–Kier alpha value is -2.36. The molecule has 1 aliphatic rings. The highest BCUT2D eigenvalue weighted by atomic mass is 19.1. The average Bonchev–Trinajstić information content (AvgIpc) is 2.94. The van der Waals surface area contributed by atoms with Gasteiger partial charge in [-0.3, -0.25) is 4.98 Å². The third-order valence-electron chi connectivity index (χ3n) is 3.05. The van der Waals surface area contributed by atoms with Crippen LogP contribution in [0, 0.1) is 5.82 Å². The van der Waals surface area contributed by atoms with Gasteiger partial charge in [-0.05, 0) is 35.9 Å². The quantitative estimate of drug-likeness (QED) is 0.914. The molecule has 0 fully saturated rings. The van der Waals surface area contributed by atoms with E-state index in [9.17, 15) is 4.39 Å². The minimum atomic E-state index is -0.228. The first-order chi connectivity index (χ1) is 9.31. The fraction of sp³-hybridized carbons (Fsp3) is 0.133. The summed E-state index contributed by atoms with van der Waals surface area (Å²) in [6, 6.07) is 10.4. The maximum absolute atomic E-state index is 12.9. The summed E-state index contributed by atoms with van der Waals surface area (Å²) >= 11 is 0. The largest absolute Gasteiger partial charge is 0.373 e. The van der Waals surface area contributed by atoms with Crippen LogP contribution in [0.3, 0.4) is 0 Å². The van der Waals surface area contributed by atoms with E-state index >= 15 is 0 Å². The predicted octanol–water partition coefficient (Wildman–Crippen LogP) is 2.72. The number of hydrogen-bond acceptors (Lipinski definition) is 3. The first-order valence-corrected chi connectivity index (χ1v) is 6.16. The molecular formula is C15H14FN3. The zero-order valence-electron chi connectivity index (χ0n) is 10.4. The van der Waals surface area contributed by atoms with Gasteiger partial charge in [0.25, 0.3) is 0 Å². The second-order valence-corrected chi connectivity index (χ2v) is 4.48. The van der Waals surface area contributed by atoms with Gasteiger partial charge in [0.1, 0.15) is 5.82 Å².